The fourth-order valence-electron chi connectivity index (χ4n) is 2.85. The molecule has 0 bridgehead atoms. The van der Waals surface area contributed by atoms with E-state index >= 15 is 0 Å². The van der Waals surface area contributed by atoms with E-state index in [0.717, 1.165) is 12.8 Å². The summed E-state index contributed by atoms with van der Waals surface area (Å²) in [6.45, 7) is 6.06. The number of aromatic nitrogens is 2. The van der Waals surface area contributed by atoms with Crippen molar-refractivity contribution in [1.29, 1.82) is 0 Å². The number of rotatable bonds is 4. The van der Waals surface area contributed by atoms with Gasteiger partial charge in [0.15, 0.2) is 0 Å². The number of amides is 1. The quantitative estimate of drug-likeness (QED) is 0.827. The maximum atomic E-state index is 12.5. The Balaban J connectivity index is 1.55. The van der Waals surface area contributed by atoms with Gasteiger partial charge in [-0.1, -0.05) is 5.16 Å². The normalized spacial score (nSPS) is 29.2. The Morgan fingerprint density at radius 3 is 2.95 bits per heavy atom. The average molecular weight is 295 g/mol. The minimum absolute atomic E-state index is 0.0901. The molecule has 0 N–H and O–H groups in total. The van der Waals surface area contributed by atoms with Crippen LogP contribution in [0.2, 0.25) is 0 Å². The number of hydrogen-bond donors (Lipinski definition) is 0. The van der Waals surface area contributed by atoms with Gasteiger partial charge in [-0.15, -0.1) is 0 Å². The molecule has 3 rings (SSSR count). The van der Waals surface area contributed by atoms with Gasteiger partial charge >= 0.3 is 0 Å². The zero-order chi connectivity index (χ0) is 14.8. The molecule has 1 aliphatic carbocycles. The monoisotopic (exact) mass is 295 g/mol. The highest BCUT2D eigenvalue weighted by atomic mass is 16.5. The Bertz CT molecular complexity index is 498. The van der Waals surface area contributed by atoms with Crippen LogP contribution in [0.4, 0.5) is 0 Å². The van der Waals surface area contributed by atoms with Crippen molar-refractivity contribution >= 4 is 5.91 Å². The van der Waals surface area contributed by atoms with Crippen LogP contribution in [0.1, 0.15) is 37.6 Å². The molecule has 1 aliphatic heterocycles. The van der Waals surface area contributed by atoms with Gasteiger partial charge in [0.25, 0.3) is 0 Å². The van der Waals surface area contributed by atoms with Crippen LogP contribution >= 0.6 is 0 Å². The molecule has 21 heavy (non-hydrogen) atoms. The van der Waals surface area contributed by atoms with E-state index in [2.05, 4.69) is 10.1 Å². The summed E-state index contributed by atoms with van der Waals surface area (Å²) in [5.41, 5.74) is 0. The first-order valence-corrected chi connectivity index (χ1v) is 7.49. The van der Waals surface area contributed by atoms with E-state index in [1.807, 2.05) is 11.8 Å². The van der Waals surface area contributed by atoms with Crippen molar-refractivity contribution in [2.75, 3.05) is 26.3 Å². The molecule has 1 saturated carbocycles. The summed E-state index contributed by atoms with van der Waals surface area (Å²) in [4.78, 5) is 18.5. The standard InChI is InChI=1S/C14H21N3O4/c1-3-19-11-6-10(7-11)14(18)17-4-5-20-12(8-17)13-15-9(2)21-16-13/h10-12H,3-8H2,1-2H3. The van der Waals surface area contributed by atoms with Crippen molar-refractivity contribution in [3.8, 4) is 0 Å². The second-order valence-electron chi connectivity index (χ2n) is 5.56. The van der Waals surface area contributed by atoms with Crippen LogP contribution in [0.5, 0.6) is 0 Å². The van der Waals surface area contributed by atoms with Crippen molar-refractivity contribution in [2.45, 2.75) is 38.9 Å². The maximum Gasteiger partial charge on any atom is 0.226 e. The van der Waals surface area contributed by atoms with E-state index in [1.165, 1.54) is 0 Å². The van der Waals surface area contributed by atoms with Gasteiger partial charge in [0.2, 0.25) is 17.6 Å². The van der Waals surface area contributed by atoms with E-state index in [1.54, 1.807) is 6.92 Å². The van der Waals surface area contributed by atoms with E-state index < -0.39 is 0 Å². The van der Waals surface area contributed by atoms with E-state index in [9.17, 15) is 4.79 Å². The molecule has 1 aromatic rings. The first-order chi connectivity index (χ1) is 10.2. The van der Waals surface area contributed by atoms with Gasteiger partial charge in [0.1, 0.15) is 6.10 Å². The van der Waals surface area contributed by atoms with E-state index in [-0.39, 0.29) is 24.0 Å². The number of carbonyl (C=O) groups excluding carboxylic acids is 1. The van der Waals surface area contributed by atoms with Crippen molar-refractivity contribution in [1.82, 2.24) is 15.0 Å². The van der Waals surface area contributed by atoms with Gasteiger partial charge in [-0.2, -0.15) is 4.98 Å². The molecular formula is C14H21N3O4. The molecule has 2 heterocycles. The molecule has 0 radical (unpaired) electrons. The maximum absolute atomic E-state index is 12.5. The SMILES string of the molecule is CCOC1CC(C(=O)N2CCOC(c3noc(C)n3)C2)C1. The molecular weight excluding hydrogens is 274 g/mol. The lowest BCUT2D eigenvalue weighted by Crippen LogP contribution is -2.49. The fourth-order valence-corrected chi connectivity index (χ4v) is 2.85. The third-order valence-corrected chi connectivity index (χ3v) is 4.06. The second kappa shape index (κ2) is 6.11. The molecule has 0 spiro atoms. The highest BCUT2D eigenvalue weighted by Gasteiger charge is 2.39. The molecule has 7 heteroatoms. The summed E-state index contributed by atoms with van der Waals surface area (Å²) < 4.78 is 16.1. The Labute approximate surface area is 123 Å². The topological polar surface area (TPSA) is 77.7 Å². The Hall–Kier alpha value is -1.47. The molecule has 116 valence electrons. The summed E-state index contributed by atoms with van der Waals surface area (Å²) in [5.74, 6) is 1.31. The molecule has 1 aromatic heterocycles. The minimum Gasteiger partial charge on any atom is -0.378 e. The Morgan fingerprint density at radius 1 is 1.48 bits per heavy atom. The van der Waals surface area contributed by atoms with Gasteiger partial charge in [0, 0.05) is 26.0 Å². The molecule has 1 atom stereocenters. The lowest BCUT2D eigenvalue weighted by atomic mass is 9.81. The molecule has 1 saturated heterocycles. The van der Waals surface area contributed by atoms with Crippen LogP contribution in [0.25, 0.3) is 0 Å². The summed E-state index contributed by atoms with van der Waals surface area (Å²) in [6.07, 6.45) is 1.62. The van der Waals surface area contributed by atoms with Crippen LogP contribution in [0.15, 0.2) is 4.52 Å². The number of nitrogens with zero attached hydrogens (tertiary/aromatic N) is 3. The van der Waals surface area contributed by atoms with Crippen LogP contribution in [-0.2, 0) is 14.3 Å². The molecule has 2 aliphatic rings. The van der Waals surface area contributed by atoms with Crippen molar-refractivity contribution in [2.24, 2.45) is 5.92 Å². The zero-order valence-corrected chi connectivity index (χ0v) is 12.4. The van der Waals surface area contributed by atoms with E-state index in [0.29, 0.717) is 38.0 Å². The number of hydrogen-bond acceptors (Lipinski definition) is 6. The molecule has 2 fully saturated rings. The molecule has 1 unspecified atom stereocenters. The number of carbonyl (C=O) groups is 1. The van der Waals surface area contributed by atoms with Crippen molar-refractivity contribution in [3.05, 3.63) is 11.7 Å². The fraction of sp³-hybridized carbons (Fsp3) is 0.786. The first kappa shape index (κ1) is 14.5. The summed E-state index contributed by atoms with van der Waals surface area (Å²) in [6, 6.07) is 0. The number of aryl methyl sites for hydroxylation is 1. The summed E-state index contributed by atoms with van der Waals surface area (Å²) in [5, 5.41) is 3.88. The molecule has 0 aromatic carbocycles. The molecule has 7 nitrogen and oxygen atoms in total. The third kappa shape index (κ3) is 3.08. The Morgan fingerprint density at radius 2 is 2.29 bits per heavy atom. The van der Waals surface area contributed by atoms with E-state index in [4.69, 9.17) is 14.0 Å². The Kier molecular flexibility index (Phi) is 4.21. The smallest absolute Gasteiger partial charge is 0.226 e. The van der Waals surface area contributed by atoms with Gasteiger partial charge in [-0.25, -0.2) is 0 Å². The summed E-state index contributed by atoms with van der Waals surface area (Å²) >= 11 is 0. The lowest BCUT2D eigenvalue weighted by molar-refractivity contribution is -0.152. The zero-order valence-electron chi connectivity index (χ0n) is 12.4. The minimum atomic E-state index is -0.289. The van der Waals surface area contributed by atoms with Gasteiger partial charge in [-0.05, 0) is 19.8 Å². The largest absolute Gasteiger partial charge is 0.378 e. The molecule has 1 amide bonds. The van der Waals surface area contributed by atoms with Crippen molar-refractivity contribution in [3.63, 3.8) is 0 Å². The first-order valence-electron chi connectivity index (χ1n) is 7.49. The van der Waals surface area contributed by atoms with Crippen LogP contribution < -0.4 is 0 Å². The van der Waals surface area contributed by atoms with Crippen LogP contribution in [-0.4, -0.2) is 53.4 Å². The van der Waals surface area contributed by atoms with Gasteiger partial charge in [-0.3, -0.25) is 4.79 Å². The predicted octanol–water partition coefficient (Wildman–Crippen LogP) is 1.09. The highest BCUT2D eigenvalue weighted by molar-refractivity contribution is 5.80. The average Bonchev–Trinajstić information content (AvgIpc) is 2.88. The number of ether oxygens (including phenoxy) is 2. The van der Waals surface area contributed by atoms with Gasteiger partial charge in [0.05, 0.1) is 19.3 Å². The van der Waals surface area contributed by atoms with Crippen molar-refractivity contribution < 1.29 is 18.8 Å². The van der Waals surface area contributed by atoms with Gasteiger partial charge < -0.3 is 18.9 Å². The number of morpholine rings is 1. The highest BCUT2D eigenvalue weighted by Crippen LogP contribution is 2.33. The van der Waals surface area contributed by atoms with Crippen LogP contribution in [0, 0.1) is 12.8 Å². The van der Waals surface area contributed by atoms with Crippen LogP contribution in [0.3, 0.4) is 0 Å². The predicted molar refractivity (Wildman–Crippen MR) is 72.4 cm³/mol. The second-order valence-corrected chi connectivity index (χ2v) is 5.56. The lowest BCUT2D eigenvalue weighted by Gasteiger charge is -2.39. The summed E-state index contributed by atoms with van der Waals surface area (Å²) in [7, 11) is 0. The third-order valence-electron chi connectivity index (χ3n) is 4.06.